The summed E-state index contributed by atoms with van der Waals surface area (Å²) in [7, 11) is -4.38. The summed E-state index contributed by atoms with van der Waals surface area (Å²) in [6.07, 6.45) is -5.38. The highest BCUT2D eigenvalue weighted by Gasteiger charge is 2.61. The van der Waals surface area contributed by atoms with Crippen LogP contribution in [0.25, 0.3) is 0 Å². The standard InChI is InChI=1S/C25H34F6N4O6S/c1-23(2,3)18(34-22(39)25(29,30)31)21(38)35-14-5-6-15(24(27,28)11-14)17(35)20(37)33-13(10-16(26)42(4,40)41)9-12-7-8-32-19(12)36/h10,12-15,17-18H,5-9,11H2,1-4H3,(H,32,36)(H,33,37)(H,34,39)/b16-10-/t12-,13+,14-,15-,17-,18+/m0/s1. The second kappa shape index (κ2) is 11.7. The van der Waals surface area contributed by atoms with Crippen LogP contribution in [0.15, 0.2) is 11.2 Å². The Morgan fingerprint density at radius 3 is 2.21 bits per heavy atom. The van der Waals surface area contributed by atoms with Crippen molar-refractivity contribution in [2.75, 3.05) is 12.8 Å². The fourth-order valence-electron chi connectivity index (χ4n) is 5.73. The Labute approximate surface area is 238 Å². The van der Waals surface area contributed by atoms with Crippen LogP contribution in [0, 0.1) is 17.3 Å². The molecular formula is C25H34F6N4O6S. The summed E-state index contributed by atoms with van der Waals surface area (Å²) in [5, 5.41) is 4.81. The summed E-state index contributed by atoms with van der Waals surface area (Å²) in [6, 6.07) is -6.56. The van der Waals surface area contributed by atoms with Crippen molar-refractivity contribution in [2.45, 2.75) is 89.1 Å². The molecular weight excluding hydrogens is 598 g/mol. The van der Waals surface area contributed by atoms with Gasteiger partial charge < -0.3 is 20.9 Å². The maximum atomic E-state index is 15.1. The molecule has 3 aliphatic heterocycles. The predicted molar refractivity (Wildman–Crippen MR) is 136 cm³/mol. The number of hydrogen-bond donors (Lipinski definition) is 3. The minimum Gasteiger partial charge on any atom is -0.356 e. The summed E-state index contributed by atoms with van der Waals surface area (Å²) in [4.78, 5) is 52.0. The van der Waals surface area contributed by atoms with Crippen molar-refractivity contribution in [2.24, 2.45) is 17.3 Å². The van der Waals surface area contributed by atoms with Gasteiger partial charge in [0.25, 0.3) is 5.92 Å². The van der Waals surface area contributed by atoms with Crippen molar-refractivity contribution in [3.63, 3.8) is 0 Å². The highest BCUT2D eigenvalue weighted by molar-refractivity contribution is 7.94. The number of carbonyl (C=O) groups excluding carboxylic acids is 4. The van der Waals surface area contributed by atoms with Crippen LogP contribution in [0.4, 0.5) is 26.3 Å². The van der Waals surface area contributed by atoms with Gasteiger partial charge in [-0.1, -0.05) is 20.8 Å². The highest BCUT2D eigenvalue weighted by atomic mass is 32.2. The van der Waals surface area contributed by atoms with Crippen LogP contribution in [0.3, 0.4) is 0 Å². The van der Waals surface area contributed by atoms with Gasteiger partial charge in [0, 0.05) is 31.2 Å². The number of nitrogens with one attached hydrogen (secondary N) is 3. The zero-order chi connectivity index (χ0) is 32.0. The normalized spacial score (nSPS) is 27.7. The van der Waals surface area contributed by atoms with Gasteiger partial charge in [0.2, 0.25) is 32.7 Å². The lowest BCUT2D eigenvalue weighted by Crippen LogP contribution is -2.71. The van der Waals surface area contributed by atoms with E-state index in [1.54, 1.807) is 5.32 Å². The van der Waals surface area contributed by atoms with E-state index in [9.17, 15) is 45.2 Å². The van der Waals surface area contributed by atoms with Crippen molar-refractivity contribution in [3.05, 3.63) is 11.2 Å². The minimum atomic E-state index is -5.36. The molecule has 3 saturated heterocycles. The summed E-state index contributed by atoms with van der Waals surface area (Å²) in [5.41, 5.74) is -1.35. The number of hydrogen-bond acceptors (Lipinski definition) is 6. The molecule has 0 aromatic heterocycles. The molecule has 6 atom stereocenters. The van der Waals surface area contributed by atoms with E-state index in [1.807, 2.05) is 0 Å². The number of nitrogens with zero attached hydrogens (tertiary/aromatic N) is 1. The maximum Gasteiger partial charge on any atom is 0.471 e. The summed E-state index contributed by atoms with van der Waals surface area (Å²) < 4.78 is 107. The molecule has 4 amide bonds. The lowest BCUT2D eigenvalue weighted by Gasteiger charge is -2.55. The third-order valence-corrected chi connectivity index (χ3v) is 8.66. The zero-order valence-electron chi connectivity index (χ0n) is 23.4. The monoisotopic (exact) mass is 632 g/mol. The van der Waals surface area contributed by atoms with Gasteiger partial charge >= 0.3 is 12.1 Å². The molecule has 0 aromatic carbocycles. The van der Waals surface area contributed by atoms with Gasteiger partial charge in [-0.3, -0.25) is 19.2 Å². The quantitative estimate of drug-likeness (QED) is 0.350. The molecule has 238 valence electrons. The number of piperidine rings is 2. The van der Waals surface area contributed by atoms with E-state index in [2.05, 4.69) is 10.6 Å². The molecule has 1 aliphatic carbocycles. The number of rotatable bonds is 8. The van der Waals surface area contributed by atoms with Crippen LogP contribution < -0.4 is 16.0 Å². The SMILES string of the molecule is CC(C)(C)[C@H](NC(=O)C(F)(F)F)C(=O)N1[C@H]2CC[C@@H]([C@H]1C(=O)N[C@@H](/C=C(/F)S(C)(=O)=O)C[C@@H]1CCNC1=O)C(F)(F)C2. The summed E-state index contributed by atoms with van der Waals surface area (Å²) >= 11 is 0. The Morgan fingerprint density at radius 2 is 1.74 bits per heavy atom. The third-order valence-electron chi connectivity index (χ3n) is 7.82. The molecule has 4 fully saturated rings. The Kier molecular flexibility index (Phi) is 9.36. The average molecular weight is 633 g/mol. The van der Waals surface area contributed by atoms with E-state index in [0.29, 0.717) is 12.3 Å². The molecule has 0 unspecified atom stereocenters. The van der Waals surface area contributed by atoms with Crippen LogP contribution in [-0.4, -0.2) is 86.0 Å². The van der Waals surface area contributed by atoms with Gasteiger partial charge in [0.15, 0.2) is 0 Å². The number of alkyl halides is 5. The molecule has 0 aromatic rings. The van der Waals surface area contributed by atoms with Crippen LogP contribution in [0.1, 0.15) is 52.9 Å². The van der Waals surface area contributed by atoms with Crippen molar-refractivity contribution < 1.29 is 53.9 Å². The molecule has 1 saturated carbocycles. The fraction of sp³-hybridized carbons (Fsp3) is 0.760. The second-order valence-corrected chi connectivity index (χ2v) is 14.1. The van der Waals surface area contributed by atoms with Gasteiger partial charge in [-0.2, -0.15) is 17.6 Å². The van der Waals surface area contributed by atoms with Gasteiger partial charge in [-0.25, -0.2) is 17.2 Å². The molecule has 4 rings (SSSR count). The first kappa shape index (κ1) is 33.6. The first-order chi connectivity index (χ1) is 19.0. The average Bonchev–Trinajstić information content (AvgIpc) is 3.22. The largest absolute Gasteiger partial charge is 0.471 e. The number of amides is 4. The highest BCUT2D eigenvalue weighted by Crippen LogP contribution is 2.49. The van der Waals surface area contributed by atoms with Crippen LogP contribution in [0.5, 0.6) is 0 Å². The van der Waals surface area contributed by atoms with Gasteiger partial charge in [0.1, 0.15) is 12.1 Å². The predicted octanol–water partition coefficient (Wildman–Crippen LogP) is 1.96. The zero-order valence-corrected chi connectivity index (χ0v) is 24.2. The smallest absolute Gasteiger partial charge is 0.356 e. The Balaban J connectivity index is 2.00. The van der Waals surface area contributed by atoms with E-state index in [4.69, 9.17) is 0 Å². The Bertz CT molecular complexity index is 1250. The molecule has 0 spiro atoms. The molecule has 17 heteroatoms. The number of halogens is 6. The van der Waals surface area contributed by atoms with E-state index in [-0.39, 0.29) is 32.2 Å². The van der Waals surface area contributed by atoms with Crippen molar-refractivity contribution in [3.8, 4) is 0 Å². The lowest BCUT2D eigenvalue weighted by molar-refractivity contribution is -0.197. The van der Waals surface area contributed by atoms with Crippen LogP contribution in [-0.2, 0) is 29.0 Å². The van der Waals surface area contributed by atoms with Crippen LogP contribution >= 0.6 is 0 Å². The van der Waals surface area contributed by atoms with E-state index >= 15 is 8.78 Å². The Morgan fingerprint density at radius 1 is 1.12 bits per heavy atom. The van der Waals surface area contributed by atoms with Crippen molar-refractivity contribution >= 4 is 33.5 Å². The first-order valence-corrected chi connectivity index (χ1v) is 15.2. The van der Waals surface area contributed by atoms with Crippen molar-refractivity contribution in [1.82, 2.24) is 20.9 Å². The van der Waals surface area contributed by atoms with Gasteiger partial charge in [-0.15, -0.1) is 0 Å². The van der Waals surface area contributed by atoms with Crippen LogP contribution in [0.2, 0.25) is 0 Å². The number of carbonyl (C=O) groups is 4. The minimum absolute atomic E-state index is 0.00808. The molecule has 42 heavy (non-hydrogen) atoms. The van der Waals surface area contributed by atoms with Gasteiger partial charge in [0.05, 0.1) is 12.0 Å². The molecule has 0 radical (unpaired) electrons. The lowest BCUT2D eigenvalue weighted by atomic mass is 9.70. The molecule has 2 bridgehead atoms. The van der Waals surface area contributed by atoms with E-state index in [0.717, 1.165) is 4.90 Å². The molecule has 4 aliphatic rings. The second-order valence-electron chi connectivity index (χ2n) is 12.1. The Hall–Kier alpha value is -2.85. The van der Waals surface area contributed by atoms with Crippen molar-refractivity contribution in [1.29, 1.82) is 0 Å². The van der Waals surface area contributed by atoms with E-state index in [1.165, 1.54) is 20.8 Å². The molecule has 10 nitrogen and oxygen atoms in total. The topological polar surface area (TPSA) is 142 Å². The fourth-order valence-corrected chi connectivity index (χ4v) is 6.14. The summed E-state index contributed by atoms with van der Waals surface area (Å²) in [6.45, 7) is 4.31. The number of sulfone groups is 1. The summed E-state index contributed by atoms with van der Waals surface area (Å²) in [5.74, 6) is -11.3. The van der Waals surface area contributed by atoms with Gasteiger partial charge in [-0.05, 0) is 37.2 Å². The van der Waals surface area contributed by atoms with E-state index < -0.39 is 98.6 Å². The molecule has 3 heterocycles. The third kappa shape index (κ3) is 7.37. The first-order valence-electron chi connectivity index (χ1n) is 13.3. The maximum absolute atomic E-state index is 15.1. The number of fused-ring (bicyclic) bond motifs is 3. The molecule has 3 N–H and O–H groups in total.